The molecular formula is C10H11F3N4O2S. The third-order valence-electron chi connectivity index (χ3n) is 2.67. The van der Waals surface area contributed by atoms with Gasteiger partial charge in [-0.25, -0.2) is 8.42 Å². The highest BCUT2D eigenvalue weighted by Crippen LogP contribution is 2.32. The van der Waals surface area contributed by atoms with Crippen LogP contribution in [0.1, 0.15) is 11.3 Å². The predicted molar refractivity (Wildman–Crippen MR) is 62.3 cm³/mol. The van der Waals surface area contributed by atoms with Crippen molar-refractivity contribution < 1.29 is 21.6 Å². The van der Waals surface area contributed by atoms with Gasteiger partial charge in [-0.2, -0.15) is 23.4 Å². The first-order chi connectivity index (χ1) is 9.11. The van der Waals surface area contributed by atoms with Gasteiger partial charge in [-0.15, -0.1) is 0 Å². The first kappa shape index (κ1) is 14.6. The summed E-state index contributed by atoms with van der Waals surface area (Å²) in [4.78, 5) is -0.128. The van der Waals surface area contributed by atoms with Gasteiger partial charge in [0.1, 0.15) is 10.6 Å². The van der Waals surface area contributed by atoms with Gasteiger partial charge in [0.05, 0.1) is 18.1 Å². The minimum Gasteiger partial charge on any atom is -0.274 e. The van der Waals surface area contributed by atoms with Gasteiger partial charge < -0.3 is 0 Å². The highest BCUT2D eigenvalue weighted by Gasteiger charge is 2.38. The van der Waals surface area contributed by atoms with Gasteiger partial charge in [0.15, 0.2) is 9.84 Å². The van der Waals surface area contributed by atoms with E-state index < -0.39 is 27.5 Å². The van der Waals surface area contributed by atoms with Crippen LogP contribution in [0.2, 0.25) is 0 Å². The molecule has 0 N–H and O–H groups in total. The molecule has 0 unspecified atom stereocenters. The van der Waals surface area contributed by atoms with E-state index in [2.05, 4.69) is 10.2 Å². The molecule has 10 heteroatoms. The van der Waals surface area contributed by atoms with Crippen molar-refractivity contribution in [3.05, 3.63) is 29.8 Å². The number of halogens is 3. The molecule has 0 aromatic carbocycles. The van der Waals surface area contributed by atoms with Gasteiger partial charge in [-0.3, -0.25) is 9.36 Å². The van der Waals surface area contributed by atoms with E-state index in [9.17, 15) is 21.6 Å². The number of hydrogen-bond donors (Lipinski definition) is 0. The largest absolute Gasteiger partial charge is 0.433 e. The second-order valence-electron chi connectivity index (χ2n) is 4.25. The average Bonchev–Trinajstić information content (AvgIpc) is 2.84. The molecular weight excluding hydrogens is 297 g/mol. The lowest BCUT2D eigenvalue weighted by Gasteiger charge is -2.09. The number of aryl methyl sites for hydroxylation is 2. The molecule has 0 aliphatic rings. The fraction of sp³-hybridized carbons (Fsp3) is 0.400. The Labute approximate surface area is 112 Å². The lowest BCUT2D eigenvalue weighted by molar-refractivity contribution is -0.144. The molecule has 110 valence electrons. The number of sulfone groups is 1. The summed E-state index contributed by atoms with van der Waals surface area (Å²) in [7, 11) is -1.27. The first-order valence-corrected chi connectivity index (χ1v) is 7.06. The SMILES string of the molecule is Cn1cc(S(=O)(=O)Cc2cnn(C)c2C(F)(F)F)cn1. The summed E-state index contributed by atoms with van der Waals surface area (Å²) in [6.45, 7) is 0. The van der Waals surface area contributed by atoms with Crippen molar-refractivity contribution in [1.82, 2.24) is 19.6 Å². The molecule has 0 amide bonds. The van der Waals surface area contributed by atoms with Crippen LogP contribution in [0.4, 0.5) is 13.2 Å². The number of rotatable bonds is 3. The lowest BCUT2D eigenvalue weighted by Crippen LogP contribution is -2.16. The molecule has 2 rings (SSSR count). The van der Waals surface area contributed by atoms with E-state index in [4.69, 9.17) is 0 Å². The standard InChI is InChI=1S/C10H11F3N4O2S/c1-16-5-8(4-14-16)20(18,19)6-7-3-15-17(2)9(7)10(11,12)13/h3-5H,6H2,1-2H3. The van der Waals surface area contributed by atoms with Gasteiger partial charge in [0, 0.05) is 25.9 Å². The van der Waals surface area contributed by atoms with E-state index in [1.165, 1.54) is 17.9 Å². The van der Waals surface area contributed by atoms with Crippen molar-refractivity contribution in [2.45, 2.75) is 16.8 Å². The highest BCUT2D eigenvalue weighted by molar-refractivity contribution is 7.90. The Hall–Kier alpha value is -1.84. The van der Waals surface area contributed by atoms with Crippen molar-refractivity contribution in [3.8, 4) is 0 Å². The summed E-state index contributed by atoms with van der Waals surface area (Å²) in [5, 5.41) is 7.17. The van der Waals surface area contributed by atoms with Crippen LogP contribution < -0.4 is 0 Å². The number of aromatic nitrogens is 4. The van der Waals surface area contributed by atoms with E-state index in [-0.39, 0.29) is 10.5 Å². The molecule has 0 aliphatic carbocycles. The Bertz CT molecular complexity index is 730. The van der Waals surface area contributed by atoms with Crippen LogP contribution in [0.5, 0.6) is 0 Å². The van der Waals surface area contributed by atoms with Crippen LogP contribution in [0, 0.1) is 0 Å². The molecule has 0 aliphatic heterocycles. The molecule has 2 aromatic rings. The zero-order chi connectivity index (χ0) is 15.1. The van der Waals surface area contributed by atoms with Crippen LogP contribution in [0.15, 0.2) is 23.5 Å². The molecule has 0 spiro atoms. The third-order valence-corrected chi connectivity index (χ3v) is 4.29. The Morgan fingerprint density at radius 1 is 1.20 bits per heavy atom. The molecule has 0 fully saturated rings. The molecule has 6 nitrogen and oxygen atoms in total. The molecule has 2 aromatic heterocycles. The summed E-state index contributed by atoms with van der Waals surface area (Å²) >= 11 is 0. The van der Waals surface area contributed by atoms with E-state index in [1.807, 2.05) is 0 Å². The van der Waals surface area contributed by atoms with Gasteiger partial charge in [-0.05, 0) is 0 Å². The molecule has 0 atom stereocenters. The number of hydrogen-bond acceptors (Lipinski definition) is 4. The van der Waals surface area contributed by atoms with Gasteiger partial charge in [0.25, 0.3) is 0 Å². The fourth-order valence-corrected chi connectivity index (χ4v) is 3.11. The molecule has 0 bridgehead atoms. The van der Waals surface area contributed by atoms with Crippen molar-refractivity contribution in [2.75, 3.05) is 0 Å². The predicted octanol–water partition coefficient (Wildman–Crippen LogP) is 1.15. The Morgan fingerprint density at radius 3 is 2.35 bits per heavy atom. The maximum Gasteiger partial charge on any atom is 0.433 e. The number of nitrogens with zero attached hydrogens (tertiary/aromatic N) is 4. The molecule has 0 saturated heterocycles. The van der Waals surface area contributed by atoms with E-state index in [1.54, 1.807) is 0 Å². The maximum atomic E-state index is 12.9. The quantitative estimate of drug-likeness (QED) is 0.853. The molecule has 0 saturated carbocycles. The first-order valence-electron chi connectivity index (χ1n) is 5.41. The number of alkyl halides is 3. The summed E-state index contributed by atoms with van der Waals surface area (Å²) in [5.41, 5.74) is -1.45. The summed E-state index contributed by atoms with van der Waals surface area (Å²) < 4.78 is 64.5. The van der Waals surface area contributed by atoms with Crippen LogP contribution in [-0.2, 0) is 35.9 Å². The smallest absolute Gasteiger partial charge is 0.274 e. The zero-order valence-electron chi connectivity index (χ0n) is 10.6. The molecule has 2 heterocycles. The summed E-state index contributed by atoms with van der Waals surface area (Å²) in [6.07, 6.45) is -1.42. The Morgan fingerprint density at radius 2 is 1.85 bits per heavy atom. The Kier molecular flexibility index (Phi) is 3.36. The second kappa shape index (κ2) is 4.62. The monoisotopic (exact) mass is 308 g/mol. The minimum atomic E-state index is -4.66. The summed E-state index contributed by atoms with van der Waals surface area (Å²) in [6, 6.07) is 0. The zero-order valence-corrected chi connectivity index (χ0v) is 11.4. The fourth-order valence-electron chi connectivity index (χ4n) is 1.80. The van der Waals surface area contributed by atoms with Crippen LogP contribution >= 0.6 is 0 Å². The normalized spacial score (nSPS) is 12.8. The molecule has 0 radical (unpaired) electrons. The Balaban J connectivity index is 2.41. The topological polar surface area (TPSA) is 69.8 Å². The van der Waals surface area contributed by atoms with Crippen molar-refractivity contribution >= 4 is 9.84 Å². The second-order valence-corrected chi connectivity index (χ2v) is 6.24. The van der Waals surface area contributed by atoms with E-state index in [0.29, 0.717) is 4.68 Å². The van der Waals surface area contributed by atoms with Crippen molar-refractivity contribution in [1.29, 1.82) is 0 Å². The van der Waals surface area contributed by atoms with Gasteiger partial charge in [-0.1, -0.05) is 0 Å². The third kappa shape index (κ3) is 2.69. The lowest BCUT2D eigenvalue weighted by atomic mass is 10.3. The summed E-state index contributed by atoms with van der Waals surface area (Å²) in [5.74, 6) is -0.776. The van der Waals surface area contributed by atoms with Crippen LogP contribution in [0.25, 0.3) is 0 Å². The van der Waals surface area contributed by atoms with Crippen molar-refractivity contribution in [3.63, 3.8) is 0 Å². The average molecular weight is 308 g/mol. The highest BCUT2D eigenvalue weighted by atomic mass is 32.2. The molecule has 20 heavy (non-hydrogen) atoms. The minimum absolute atomic E-state index is 0.128. The van der Waals surface area contributed by atoms with Gasteiger partial charge >= 0.3 is 6.18 Å². The van der Waals surface area contributed by atoms with Gasteiger partial charge in [0.2, 0.25) is 0 Å². The van der Waals surface area contributed by atoms with E-state index >= 15 is 0 Å². The van der Waals surface area contributed by atoms with E-state index in [0.717, 1.165) is 19.4 Å². The van der Waals surface area contributed by atoms with Crippen LogP contribution in [0.3, 0.4) is 0 Å². The maximum absolute atomic E-state index is 12.9. The van der Waals surface area contributed by atoms with Crippen LogP contribution in [-0.4, -0.2) is 28.0 Å². The van der Waals surface area contributed by atoms with Crippen molar-refractivity contribution in [2.24, 2.45) is 14.1 Å².